The highest BCUT2D eigenvalue weighted by molar-refractivity contribution is 5.02. The van der Waals surface area contributed by atoms with Gasteiger partial charge in [0.05, 0.1) is 12.6 Å². The normalized spacial score (nSPS) is 46.3. The second-order valence-corrected chi connectivity index (χ2v) is 6.92. The lowest BCUT2D eigenvalue weighted by molar-refractivity contribution is -0.167. The van der Waals surface area contributed by atoms with E-state index in [4.69, 9.17) is 18.9 Å². The van der Waals surface area contributed by atoms with E-state index in [1.165, 1.54) is 0 Å². The highest BCUT2D eigenvalue weighted by atomic mass is 16.8. The highest BCUT2D eigenvalue weighted by Crippen LogP contribution is 2.34. The van der Waals surface area contributed by atoms with Crippen LogP contribution in [0.5, 0.6) is 0 Å². The molecule has 0 saturated carbocycles. The Morgan fingerprint density at radius 3 is 2.43 bits per heavy atom. The lowest BCUT2D eigenvalue weighted by atomic mass is 9.90. The third-order valence-corrected chi connectivity index (χ3v) is 4.26. The van der Waals surface area contributed by atoms with Crippen LogP contribution in [0.15, 0.2) is 0 Å². The van der Waals surface area contributed by atoms with Crippen LogP contribution < -0.4 is 5.32 Å². The summed E-state index contributed by atoms with van der Waals surface area (Å²) in [7, 11) is 0. The zero-order chi connectivity index (χ0) is 15.4. The van der Waals surface area contributed by atoms with Gasteiger partial charge in [0.25, 0.3) is 0 Å². The third-order valence-electron chi connectivity index (χ3n) is 4.26. The van der Waals surface area contributed by atoms with Gasteiger partial charge in [0.15, 0.2) is 11.6 Å². The first kappa shape index (κ1) is 15.6. The first-order chi connectivity index (χ1) is 9.69. The average molecular weight is 303 g/mol. The van der Waals surface area contributed by atoms with Gasteiger partial charge < -0.3 is 34.5 Å². The van der Waals surface area contributed by atoms with Gasteiger partial charge in [0, 0.05) is 6.54 Å². The smallest absolute Gasteiger partial charge is 0.163 e. The summed E-state index contributed by atoms with van der Waals surface area (Å²) in [5.41, 5.74) is 0. The number of piperidine rings is 1. The van der Waals surface area contributed by atoms with E-state index in [0.717, 1.165) is 0 Å². The molecule has 0 spiro atoms. The molecule has 0 aromatic heterocycles. The van der Waals surface area contributed by atoms with Crippen molar-refractivity contribution in [1.29, 1.82) is 0 Å². The van der Waals surface area contributed by atoms with Crippen LogP contribution in [0.4, 0.5) is 0 Å². The van der Waals surface area contributed by atoms with E-state index in [1.807, 2.05) is 13.8 Å². The number of aliphatic hydroxyl groups is 2. The Hall–Kier alpha value is -0.280. The summed E-state index contributed by atoms with van der Waals surface area (Å²) in [5.74, 6) is -1.42. The molecule has 3 aliphatic heterocycles. The standard InChI is InChI=1S/C14H25NO6/c1-13(2)18-6-8(20-13)10(16)9-11(17)12-7(5-15-9)19-14(3,4)21-12/h7-12,15-17H,5-6H2,1-4H3/t7-,8-,9-,10-,11+,12-/m1/s1. The van der Waals surface area contributed by atoms with Gasteiger partial charge >= 0.3 is 0 Å². The van der Waals surface area contributed by atoms with Crippen LogP contribution in [0.1, 0.15) is 27.7 Å². The van der Waals surface area contributed by atoms with Crippen LogP contribution in [0, 0.1) is 0 Å². The van der Waals surface area contributed by atoms with Gasteiger partial charge in [0.2, 0.25) is 0 Å². The van der Waals surface area contributed by atoms with Crippen LogP contribution in [0.3, 0.4) is 0 Å². The fourth-order valence-corrected chi connectivity index (χ4v) is 3.33. The monoisotopic (exact) mass is 303 g/mol. The fourth-order valence-electron chi connectivity index (χ4n) is 3.33. The molecule has 0 amide bonds. The molecule has 21 heavy (non-hydrogen) atoms. The fraction of sp³-hybridized carbons (Fsp3) is 1.00. The lowest BCUT2D eigenvalue weighted by Gasteiger charge is -2.39. The van der Waals surface area contributed by atoms with Crippen molar-refractivity contribution in [2.45, 2.75) is 75.8 Å². The Kier molecular flexibility index (Phi) is 3.81. The topological polar surface area (TPSA) is 89.4 Å². The third kappa shape index (κ3) is 2.96. The molecular formula is C14H25NO6. The number of aliphatic hydroxyl groups excluding tert-OH is 2. The van der Waals surface area contributed by atoms with Crippen LogP contribution in [0.2, 0.25) is 0 Å². The second-order valence-electron chi connectivity index (χ2n) is 6.92. The summed E-state index contributed by atoms with van der Waals surface area (Å²) in [6, 6.07) is -0.536. The van der Waals surface area contributed by atoms with Gasteiger partial charge in [-0.2, -0.15) is 0 Å². The predicted molar refractivity (Wildman–Crippen MR) is 72.5 cm³/mol. The molecule has 0 aliphatic carbocycles. The summed E-state index contributed by atoms with van der Waals surface area (Å²) in [4.78, 5) is 0. The Morgan fingerprint density at radius 2 is 1.81 bits per heavy atom. The molecule has 6 atom stereocenters. The molecule has 3 heterocycles. The molecule has 0 bridgehead atoms. The van der Waals surface area contributed by atoms with Gasteiger partial charge in [-0.15, -0.1) is 0 Å². The van der Waals surface area contributed by atoms with Crippen LogP contribution >= 0.6 is 0 Å². The van der Waals surface area contributed by atoms with E-state index >= 15 is 0 Å². The highest BCUT2D eigenvalue weighted by Gasteiger charge is 2.53. The summed E-state index contributed by atoms with van der Waals surface area (Å²) in [5, 5.41) is 24.2. The van der Waals surface area contributed by atoms with Crippen molar-refractivity contribution in [3.8, 4) is 0 Å². The van der Waals surface area contributed by atoms with E-state index in [1.54, 1.807) is 13.8 Å². The second kappa shape index (κ2) is 5.13. The number of ether oxygens (including phenoxy) is 4. The number of fused-ring (bicyclic) bond motifs is 1. The van der Waals surface area contributed by atoms with Crippen molar-refractivity contribution in [3.63, 3.8) is 0 Å². The average Bonchev–Trinajstić information content (AvgIpc) is 2.88. The first-order valence-corrected chi connectivity index (χ1v) is 7.45. The molecule has 0 radical (unpaired) electrons. The number of hydrogen-bond acceptors (Lipinski definition) is 7. The van der Waals surface area contributed by atoms with Gasteiger partial charge in [0.1, 0.15) is 30.5 Å². The molecule has 3 rings (SSSR count). The largest absolute Gasteiger partial charge is 0.389 e. The van der Waals surface area contributed by atoms with Crippen molar-refractivity contribution in [2.75, 3.05) is 13.2 Å². The Morgan fingerprint density at radius 1 is 1.10 bits per heavy atom. The summed E-state index contributed by atoms with van der Waals surface area (Å²) in [6.45, 7) is 8.06. The molecule has 3 fully saturated rings. The van der Waals surface area contributed by atoms with Crippen molar-refractivity contribution in [1.82, 2.24) is 5.32 Å². The molecule has 122 valence electrons. The number of nitrogens with one attached hydrogen (secondary N) is 1. The predicted octanol–water partition coefficient (Wildman–Crippen LogP) is -0.648. The molecular weight excluding hydrogens is 278 g/mol. The van der Waals surface area contributed by atoms with Crippen molar-refractivity contribution >= 4 is 0 Å². The van der Waals surface area contributed by atoms with E-state index in [0.29, 0.717) is 13.2 Å². The zero-order valence-corrected chi connectivity index (χ0v) is 12.9. The van der Waals surface area contributed by atoms with Crippen LogP contribution in [0.25, 0.3) is 0 Å². The van der Waals surface area contributed by atoms with E-state index in [9.17, 15) is 10.2 Å². The maximum absolute atomic E-state index is 10.5. The van der Waals surface area contributed by atoms with Gasteiger partial charge in [-0.05, 0) is 27.7 Å². The minimum absolute atomic E-state index is 0.212. The maximum Gasteiger partial charge on any atom is 0.163 e. The van der Waals surface area contributed by atoms with E-state index in [-0.39, 0.29) is 6.10 Å². The van der Waals surface area contributed by atoms with Gasteiger partial charge in [-0.1, -0.05) is 0 Å². The molecule has 7 heteroatoms. The summed E-state index contributed by atoms with van der Waals surface area (Å²) >= 11 is 0. The molecule has 3 aliphatic rings. The summed E-state index contributed by atoms with van der Waals surface area (Å²) in [6.07, 6.45) is -2.88. The molecule has 3 N–H and O–H groups in total. The van der Waals surface area contributed by atoms with Crippen molar-refractivity contribution in [3.05, 3.63) is 0 Å². The zero-order valence-electron chi connectivity index (χ0n) is 12.9. The van der Waals surface area contributed by atoms with Gasteiger partial charge in [-0.25, -0.2) is 0 Å². The van der Waals surface area contributed by atoms with Crippen LogP contribution in [-0.4, -0.2) is 71.5 Å². The Bertz CT molecular complexity index is 397. The molecule has 0 aromatic rings. The number of rotatable bonds is 2. The van der Waals surface area contributed by atoms with Crippen LogP contribution in [-0.2, 0) is 18.9 Å². The van der Waals surface area contributed by atoms with E-state index in [2.05, 4.69) is 5.32 Å². The molecule has 0 aromatic carbocycles. The van der Waals surface area contributed by atoms with Crippen molar-refractivity contribution < 1.29 is 29.2 Å². The minimum Gasteiger partial charge on any atom is -0.389 e. The Labute approximate surface area is 124 Å². The lowest BCUT2D eigenvalue weighted by Crippen LogP contribution is -2.64. The maximum atomic E-state index is 10.5. The SMILES string of the molecule is CC1(C)OC[C@H]([C@@H](O)[C@H]2NC[C@H]3OC(C)(C)O[C@H]3[C@H]2O)O1. The van der Waals surface area contributed by atoms with Gasteiger partial charge in [-0.3, -0.25) is 0 Å². The van der Waals surface area contributed by atoms with Crippen molar-refractivity contribution in [2.24, 2.45) is 0 Å². The molecule has 0 unspecified atom stereocenters. The Balaban J connectivity index is 1.67. The first-order valence-electron chi connectivity index (χ1n) is 7.45. The number of hydrogen-bond donors (Lipinski definition) is 3. The molecule has 7 nitrogen and oxygen atoms in total. The molecule has 3 saturated heterocycles. The summed E-state index contributed by atoms with van der Waals surface area (Å²) < 4.78 is 22.6. The minimum atomic E-state index is -0.880. The quantitative estimate of drug-likeness (QED) is 0.625. The van der Waals surface area contributed by atoms with E-state index < -0.39 is 42.0 Å².